The van der Waals surface area contributed by atoms with Crippen molar-refractivity contribution in [3.05, 3.63) is 52.2 Å². The molecular weight excluding hydrogens is 258 g/mol. The third-order valence-electron chi connectivity index (χ3n) is 2.84. The van der Waals surface area contributed by atoms with E-state index < -0.39 is 0 Å². The molecule has 1 heterocycles. The van der Waals surface area contributed by atoms with E-state index in [2.05, 4.69) is 5.32 Å². The Bertz CT molecular complexity index is 537. The molecule has 1 unspecified atom stereocenters. The Kier molecular flexibility index (Phi) is 4.58. The maximum atomic E-state index is 11.9. The summed E-state index contributed by atoms with van der Waals surface area (Å²) in [6.07, 6.45) is 0.751. The molecule has 1 atom stereocenters. The third-order valence-corrected chi connectivity index (χ3v) is 3.71. The Labute approximate surface area is 117 Å². The number of benzene rings is 1. The van der Waals surface area contributed by atoms with E-state index in [1.165, 1.54) is 11.3 Å². The third kappa shape index (κ3) is 3.58. The van der Waals surface area contributed by atoms with E-state index >= 15 is 0 Å². The van der Waals surface area contributed by atoms with Gasteiger partial charge in [0.25, 0.3) is 5.91 Å². The van der Waals surface area contributed by atoms with Crippen LogP contribution in [0.15, 0.2) is 41.8 Å². The van der Waals surface area contributed by atoms with Gasteiger partial charge in [0.15, 0.2) is 0 Å². The molecule has 0 saturated heterocycles. The molecule has 0 fully saturated rings. The lowest BCUT2D eigenvalue weighted by Gasteiger charge is -2.15. The van der Waals surface area contributed by atoms with Gasteiger partial charge in [-0.2, -0.15) is 0 Å². The highest BCUT2D eigenvalue weighted by molar-refractivity contribution is 7.12. The highest BCUT2D eigenvalue weighted by Gasteiger charge is 2.12. The summed E-state index contributed by atoms with van der Waals surface area (Å²) in [5, 5.41) is 4.90. The van der Waals surface area contributed by atoms with E-state index in [1.807, 2.05) is 48.7 Å². The van der Waals surface area contributed by atoms with Crippen LogP contribution in [0.5, 0.6) is 5.75 Å². The van der Waals surface area contributed by atoms with Crippen molar-refractivity contribution in [1.82, 2.24) is 5.32 Å². The zero-order valence-corrected chi connectivity index (χ0v) is 11.9. The Morgan fingerprint density at radius 3 is 2.79 bits per heavy atom. The number of amides is 1. The Balaban J connectivity index is 1.97. The zero-order chi connectivity index (χ0) is 13.7. The van der Waals surface area contributed by atoms with Gasteiger partial charge in [0, 0.05) is 6.04 Å². The SMILES string of the molecule is COc1ccccc1CC(C)NC(=O)c1cccs1. The van der Waals surface area contributed by atoms with Crippen LogP contribution in [0.2, 0.25) is 0 Å². The maximum absolute atomic E-state index is 11.9. The van der Waals surface area contributed by atoms with Gasteiger partial charge in [-0.3, -0.25) is 4.79 Å². The minimum Gasteiger partial charge on any atom is -0.496 e. The Hall–Kier alpha value is -1.81. The summed E-state index contributed by atoms with van der Waals surface area (Å²) in [5.74, 6) is 0.845. The molecule has 0 radical (unpaired) electrons. The fourth-order valence-electron chi connectivity index (χ4n) is 1.96. The van der Waals surface area contributed by atoms with Crippen molar-refractivity contribution in [3.8, 4) is 5.75 Å². The summed E-state index contributed by atoms with van der Waals surface area (Å²) in [6, 6.07) is 11.6. The second-order valence-electron chi connectivity index (χ2n) is 4.37. The van der Waals surface area contributed by atoms with Crippen molar-refractivity contribution in [1.29, 1.82) is 0 Å². The molecule has 1 N–H and O–H groups in total. The number of nitrogens with one attached hydrogen (secondary N) is 1. The molecule has 0 saturated carbocycles. The average molecular weight is 275 g/mol. The van der Waals surface area contributed by atoms with E-state index in [0.29, 0.717) is 0 Å². The average Bonchev–Trinajstić information content (AvgIpc) is 2.93. The van der Waals surface area contributed by atoms with E-state index in [0.717, 1.165) is 22.6 Å². The van der Waals surface area contributed by atoms with Crippen LogP contribution in [0.3, 0.4) is 0 Å². The number of hydrogen-bond donors (Lipinski definition) is 1. The Morgan fingerprint density at radius 1 is 1.32 bits per heavy atom. The van der Waals surface area contributed by atoms with Crippen LogP contribution in [-0.4, -0.2) is 19.1 Å². The summed E-state index contributed by atoms with van der Waals surface area (Å²) in [7, 11) is 1.66. The van der Waals surface area contributed by atoms with Gasteiger partial charge in [0.05, 0.1) is 12.0 Å². The number of para-hydroxylation sites is 1. The second kappa shape index (κ2) is 6.38. The van der Waals surface area contributed by atoms with E-state index in [-0.39, 0.29) is 11.9 Å². The monoisotopic (exact) mass is 275 g/mol. The summed E-state index contributed by atoms with van der Waals surface area (Å²) >= 11 is 1.45. The largest absolute Gasteiger partial charge is 0.496 e. The molecule has 0 aliphatic rings. The quantitative estimate of drug-likeness (QED) is 0.910. The first-order valence-corrected chi connectivity index (χ1v) is 7.05. The summed E-state index contributed by atoms with van der Waals surface area (Å²) in [5.41, 5.74) is 1.10. The highest BCUT2D eigenvalue weighted by Crippen LogP contribution is 2.19. The summed E-state index contributed by atoms with van der Waals surface area (Å²) < 4.78 is 5.31. The fourth-order valence-corrected chi connectivity index (χ4v) is 2.58. The van der Waals surface area contributed by atoms with Crippen molar-refractivity contribution in [2.45, 2.75) is 19.4 Å². The van der Waals surface area contributed by atoms with Crippen molar-refractivity contribution in [3.63, 3.8) is 0 Å². The summed E-state index contributed by atoms with van der Waals surface area (Å²) in [6.45, 7) is 2.00. The number of rotatable bonds is 5. The molecule has 100 valence electrons. The van der Waals surface area contributed by atoms with Crippen LogP contribution < -0.4 is 10.1 Å². The number of methoxy groups -OCH3 is 1. The van der Waals surface area contributed by atoms with E-state index in [4.69, 9.17) is 4.74 Å². The van der Waals surface area contributed by atoms with Crippen LogP contribution in [0.25, 0.3) is 0 Å². The first-order valence-electron chi connectivity index (χ1n) is 6.17. The van der Waals surface area contributed by atoms with E-state index in [9.17, 15) is 4.79 Å². The number of thiophene rings is 1. The lowest BCUT2D eigenvalue weighted by molar-refractivity contribution is 0.0944. The first kappa shape index (κ1) is 13.6. The molecule has 2 rings (SSSR count). The van der Waals surface area contributed by atoms with Crippen LogP contribution in [0.4, 0.5) is 0 Å². The Morgan fingerprint density at radius 2 is 2.11 bits per heavy atom. The molecule has 1 aromatic heterocycles. The molecule has 0 bridgehead atoms. The normalized spacial score (nSPS) is 11.9. The molecular formula is C15H17NO2S. The van der Waals surface area contributed by atoms with E-state index in [1.54, 1.807) is 7.11 Å². The summed E-state index contributed by atoms with van der Waals surface area (Å²) in [4.78, 5) is 12.7. The number of carbonyl (C=O) groups excluding carboxylic acids is 1. The molecule has 0 spiro atoms. The van der Waals surface area contributed by atoms with Gasteiger partial charge in [-0.05, 0) is 36.4 Å². The van der Waals surface area contributed by atoms with Gasteiger partial charge in [-0.25, -0.2) is 0 Å². The molecule has 0 aliphatic heterocycles. The molecule has 1 aromatic carbocycles. The lowest BCUT2D eigenvalue weighted by atomic mass is 10.1. The first-order chi connectivity index (χ1) is 9.20. The van der Waals surface area contributed by atoms with Gasteiger partial charge in [-0.1, -0.05) is 24.3 Å². The van der Waals surface area contributed by atoms with Crippen molar-refractivity contribution < 1.29 is 9.53 Å². The molecule has 3 nitrogen and oxygen atoms in total. The molecule has 0 aliphatic carbocycles. The molecule has 4 heteroatoms. The van der Waals surface area contributed by atoms with Crippen molar-refractivity contribution in [2.75, 3.05) is 7.11 Å². The molecule has 2 aromatic rings. The van der Waals surface area contributed by atoms with Crippen LogP contribution in [-0.2, 0) is 6.42 Å². The van der Waals surface area contributed by atoms with Crippen molar-refractivity contribution in [2.24, 2.45) is 0 Å². The number of carbonyl (C=O) groups is 1. The maximum Gasteiger partial charge on any atom is 0.261 e. The van der Waals surface area contributed by atoms with Crippen LogP contribution in [0, 0.1) is 0 Å². The zero-order valence-electron chi connectivity index (χ0n) is 11.1. The number of ether oxygens (including phenoxy) is 1. The standard InChI is InChI=1S/C15H17NO2S/c1-11(16-15(17)14-8-5-9-19-14)10-12-6-3-4-7-13(12)18-2/h3-9,11H,10H2,1-2H3,(H,16,17). The van der Waals surface area contributed by atoms with Gasteiger partial charge in [0.1, 0.15) is 5.75 Å². The molecule has 19 heavy (non-hydrogen) atoms. The fraction of sp³-hybridized carbons (Fsp3) is 0.267. The van der Waals surface area contributed by atoms with Crippen molar-refractivity contribution >= 4 is 17.2 Å². The van der Waals surface area contributed by atoms with Crippen LogP contribution >= 0.6 is 11.3 Å². The van der Waals surface area contributed by atoms with Gasteiger partial charge >= 0.3 is 0 Å². The van der Waals surface area contributed by atoms with Gasteiger partial charge < -0.3 is 10.1 Å². The predicted octanol–water partition coefficient (Wildman–Crippen LogP) is 3.12. The lowest BCUT2D eigenvalue weighted by Crippen LogP contribution is -2.33. The minimum absolute atomic E-state index is 0.0163. The van der Waals surface area contributed by atoms with Gasteiger partial charge in [-0.15, -0.1) is 11.3 Å². The predicted molar refractivity (Wildman–Crippen MR) is 77.9 cm³/mol. The minimum atomic E-state index is -0.0163. The number of hydrogen-bond acceptors (Lipinski definition) is 3. The highest BCUT2D eigenvalue weighted by atomic mass is 32.1. The smallest absolute Gasteiger partial charge is 0.261 e. The topological polar surface area (TPSA) is 38.3 Å². The second-order valence-corrected chi connectivity index (χ2v) is 5.32. The van der Waals surface area contributed by atoms with Crippen LogP contribution in [0.1, 0.15) is 22.2 Å². The van der Waals surface area contributed by atoms with Gasteiger partial charge in [0.2, 0.25) is 0 Å². The molecule has 1 amide bonds.